The Balaban J connectivity index is 1.35. The summed E-state index contributed by atoms with van der Waals surface area (Å²) in [7, 11) is 0. The Kier molecular flexibility index (Phi) is 4.15. The lowest BCUT2D eigenvalue weighted by atomic mass is 9.90. The van der Waals surface area contributed by atoms with Crippen LogP contribution in [0, 0.1) is 0 Å². The molecule has 0 saturated carbocycles. The number of aryl methyl sites for hydroxylation is 2. The van der Waals surface area contributed by atoms with Gasteiger partial charge in [0.2, 0.25) is 5.91 Å². The normalized spacial score (nSPS) is 22.4. The van der Waals surface area contributed by atoms with E-state index < -0.39 is 11.6 Å². The summed E-state index contributed by atoms with van der Waals surface area (Å²) in [5.74, 6) is -0.687. The first-order valence-corrected chi connectivity index (χ1v) is 10.2. The molecule has 2 aliphatic carbocycles. The van der Waals surface area contributed by atoms with Crippen LogP contribution >= 0.6 is 0 Å². The highest BCUT2D eigenvalue weighted by molar-refractivity contribution is 6.11. The van der Waals surface area contributed by atoms with Crippen molar-refractivity contribution in [3.05, 3.63) is 64.7 Å². The minimum absolute atomic E-state index is 0.280. The molecular weight excluding hydrogens is 366 g/mol. The van der Waals surface area contributed by atoms with E-state index >= 15 is 0 Å². The van der Waals surface area contributed by atoms with E-state index in [0.29, 0.717) is 6.42 Å². The van der Waals surface area contributed by atoms with Crippen LogP contribution in [0.2, 0.25) is 0 Å². The van der Waals surface area contributed by atoms with Crippen LogP contribution in [0.3, 0.4) is 0 Å². The first-order chi connectivity index (χ1) is 14.1. The van der Waals surface area contributed by atoms with Gasteiger partial charge in [-0.05, 0) is 66.8 Å². The van der Waals surface area contributed by atoms with E-state index in [1.807, 2.05) is 36.4 Å². The summed E-state index contributed by atoms with van der Waals surface area (Å²) in [5.41, 5.74) is 4.12. The van der Waals surface area contributed by atoms with Gasteiger partial charge in [-0.1, -0.05) is 36.4 Å². The number of nitrogens with zero attached hydrogens (tertiary/aromatic N) is 1. The Hall–Kier alpha value is -3.15. The number of nitrogens with one attached hydrogen (secondary N) is 2. The van der Waals surface area contributed by atoms with E-state index in [-0.39, 0.29) is 18.4 Å². The molecule has 148 valence electrons. The second kappa shape index (κ2) is 6.72. The molecule has 1 spiro atoms. The van der Waals surface area contributed by atoms with Crippen molar-refractivity contribution in [3.8, 4) is 0 Å². The zero-order chi connectivity index (χ0) is 20.0. The Morgan fingerprint density at radius 3 is 2.69 bits per heavy atom. The fraction of sp³-hybridized carbons (Fsp3) is 0.348. The first-order valence-electron chi connectivity index (χ1n) is 10.2. The number of fused-ring (bicyclic) bond motifs is 3. The lowest BCUT2D eigenvalue weighted by Crippen LogP contribution is -2.43. The fourth-order valence-corrected chi connectivity index (χ4v) is 4.96. The van der Waals surface area contributed by atoms with Gasteiger partial charge in [0.05, 0.1) is 0 Å². The maximum Gasteiger partial charge on any atom is 0.325 e. The molecule has 1 fully saturated rings. The van der Waals surface area contributed by atoms with Gasteiger partial charge in [-0.2, -0.15) is 0 Å². The third kappa shape index (κ3) is 2.82. The van der Waals surface area contributed by atoms with Crippen LogP contribution in [0.4, 0.5) is 10.5 Å². The van der Waals surface area contributed by atoms with Crippen LogP contribution in [0.5, 0.6) is 0 Å². The number of amides is 4. The Labute approximate surface area is 169 Å². The topological polar surface area (TPSA) is 78.5 Å². The largest absolute Gasteiger partial charge is 0.325 e. The highest BCUT2D eigenvalue weighted by Crippen LogP contribution is 2.41. The number of urea groups is 1. The quantitative estimate of drug-likeness (QED) is 0.793. The molecule has 2 aromatic carbocycles. The van der Waals surface area contributed by atoms with Crippen molar-refractivity contribution in [1.82, 2.24) is 10.2 Å². The van der Waals surface area contributed by atoms with Crippen LogP contribution in [-0.4, -0.2) is 29.3 Å². The first kappa shape index (κ1) is 17.9. The number of benzene rings is 2. The van der Waals surface area contributed by atoms with Crippen molar-refractivity contribution >= 4 is 23.5 Å². The standard InChI is InChI=1S/C23H23N3O3/c27-20(24-19-11-5-8-15-6-1-3-9-17(15)19)14-26-21(28)23(25-22(26)29)13-12-16-7-2-4-10-18(16)23/h2,4-5,7-8,10-11H,1,3,6,9,12-14H2,(H,24,27)(H,25,29)/t23-/m0/s1. The number of hydrogen-bond donors (Lipinski definition) is 2. The zero-order valence-corrected chi connectivity index (χ0v) is 16.2. The molecule has 1 heterocycles. The summed E-state index contributed by atoms with van der Waals surface area (Å²) in [6.45, 7) is -0.280. The monoisotopic (exact) mass is 389 g/mol. The van der Waals surface area contributed by atoms with Gasteiger partial charge in [-0.15, -0.1) is 0 Å². The Morgan fingerprint density at radius 1 is 1.00 bits per heavy atom. The molecule has 29 heavy (non-hydrogen) atoms. The molecule has 2 N–H and O–H groups in total. The van der Waals surface area contributed by atoms with Gasteiger partial charge in [0.25, 0.3) is 5.91 Å². The third-order valence-electron chi connectivity index (χ3n) is 6.39. The van der Waals surface area contributed by atoms with Gasteiger partial charge >= 0.3 is 6.03 Å². The molecule has 2 aromatic rings. The van der Waals surface area contributed by atoms with Crippen LogP contribution in [0.1, 0.15) is 41.5 Å². The molecule has 0 radical (unpaired) electrons. The van der Waals surface area contributed by atoms with E-state index in [9.17, 15) is 14.4 Å². The summed E-state index contributed by atoms with van der Waals surface area (Å²) in [6.07, 6.45) is 5.49. The number of hydrogen-bond acceptors (Lipinski definition) is 3. The molecule has 6 heteroatoms. The van der Waals surface area contributed by atoms with Crippen molar-refractivity contribution in [3.63, 3.8) is 0 Å². The van der Waals surface area contributed by atoms with Crippen molar-refractivity contribution in [1.29, 1.82) is 0 Å². The van der Waals surface area contributed by atoms with E-state index in [1.54, 1.807) is 0 Å². The summed E-state index contributed by atoms with van der Waals surface area (Å²) < 4.78 is 0. The summed E-state index contributed by atoms with van der Waals surface area (Å²) >= 11 is 0. The Morgan fingerprint density at radius 2 is 1.79 bits per heavy atom. The maximum absolute atomic E-state index is 13.2. The van der Waals surface area contributed by atoms with Gasteiger partial charge < -0.3 is 10.6 Å². The SMILES string of the molecule is O=C(CN1C(=O)N[C@]2(CCc3ccccc32)C1=O)Nc1cccc2c1CCCC2. The predicted octanol–water partition coefficient (Wildman–Crippen LogP) is 2.90. The molecular formula is C23H23N3O3. The molecule has 1 atom stereocenters. The molecule has 4 amide bonds. The highest BCUT2D eigenvalue weighted by Gasteiger charge is 2.55. The van der Waals surface area contributed by atoms with Crippen LogP contribution in [0.25, 0.3) is 0 Å². The highest BCUT2D eigenvalue weighted by atomic mass is 16.2. The number of rotatable bonds is 3. The minimum Gasteiger partial charge on any atom is -0.324 e. The maximum atomic E-state index is 13.2. The van der Waals surface area contributed by atoms with Gasteiger partial charge in [0.15, 0.2) is 0 Å². The van der Waals surface area contributed by atoms with E-state index in [0.717, 1.165) is 53.8 Å². The summed E-state index contributed by atoms with van der Waals surface area (Å²) in [5, 5.41) is 5.79. The van der Waals surface area contributed by atoms with Gasteiger partial charge in [-0.25, -0.2) is 4.79 Å². The van der Waals surface area contributed by atoms with Crippen molar-refractivity contribution in [2.24, 2.45) is 0 Å². The van der Waals surface area contributed by atoms with Gasteiger partial charge in [-0.3, -0.25) is 14.5 Å². The number of imide groups is 1. The van der Waals surface area contributed by atoms with Gasteiger partial charge in [0, 0.05) is 5.69 Å². The third-order valence-corrected chi connectivity index (χ3v) is 6.39. The molecule has 6 nitrogen and oxygen atoms in total. The smallest absolute Gasteiger partial charge is 0.324 e. The van der Waals surface area contributed by atoms with Crippen molar-refractivity contribution in [2.45, 2.75) is 44.1 Å². The molecule has 1 saturated heterocycles. The Bertz CT molecular complexity index is 1030. The molecule has 5 rings (SSSR count). The molecule has 0 aromatic heterocycles. The number of carbonyl (C=O) groups excluding carboxylic acids is 3. The minimum atomic E-state index is -1.03. The lowest BCUT2D eigenvalue weighted by molar-refractivity contribution is -0.134. The lowest BCUT2D eigenvalue weighted by Gasteiger charge is -2.22. The van der Waals surface area contributed by atoms with Crippen molar-refractivity contribution < 1.29 is 14.4 Å². The van der Waals surface area contributed by atoms with E-state index in [4.69, 9.17) is 0 Å². The second-order valence-electron chi connectivity index (χ2n) is 8.08. The summed E-state index contributed by atoms with van der Waals surface area (Å²) in [6, 6.07) is 13.1. The molecule has 0 bridgehead atoms. The number of anilines is 1. The van der Waals surface area contributed by atoms with Crippen LogP contribution < -0.4 is 10.6 Å². The average Bonchev–Trinajstić information content (AvgIpc) is 3.22. The van der Waals surface area contributed by atoms with E-state index in [1.165, 1.54) is 11.1 Å². The van der Waals surface area contributed by atoms with Crippen LogP contribution in [-0.2, 0) is 34.4 Å². The zero-order valence-electron chi connectivity index (χ0n) is 16.2. The molecule has 3 aliphatic rings. The predicted molar refractivity (Wildman–Crippen MR) is 108 cm³/mol. The second-order valence-corrected chi connectivity index (χ2v) is 8.08. The van der Waals surface area contributed by atoms with Crippen molar-refractivity contribution in [2.75, 3.05) is 11.9 Å². The number of carbonyl (C=O) groups is 3. The van der Waals surface area contributed by atoms with Gasteiger partial charge in [0.1, 0.15) is 12.1 Å². The van der Waals surface area contributed by atoms with E-state index in [2.05, 4.69) is 16.7 Å². The molecule has 0 unspecified atom stereocenters. The molecule has 1 aliphatic heterocycles. The van der Waals surface area contributed by atoms with Crippen LogP contribution in [0.15, 0.2) is 42.5 Å². The summed E-state index contributed by atoms with van der Waals surface area (Å²) in [4.78, 5) is 39.5. The average molecular weight is 389 g/mol. The fourth-order valence-electron chi connectivity index (χ4n) is 4.96.